The molecule has 1 amide bonds. The molecule has 0 bridgehead atoms. The number of carbonyl (C=O) groups excluding carboxylic acids is 2. The monoisotopic (exact) mass is 357 g/mol. The van der Waals surface area contributed by atoms with Crippen molar-refractivity contribution in [3.8, 4) is 0 Å². The van der Waals surface area contributed by atoms with E-state index >= 15 is 0 Å². The highest BCUT2D eigenvalue weighted by molar-refractivity contribution is 8.04. The molecule has 1 heterocycles. The van der Waals surface area contributed by atoms with Crippen LogP contribution in [-0.2, 0) is 4.79 Å². The Morgan fingerprint density at radius 2 is 1.91 bits per heavy atom. The maximum Gasteiger partial charge on any atom is 0.227 e. The van der Waals surface area contributed by atoms with Crippen molar-refractivity contribution in [1.29, 1.82) is 0 Å². The summed E-state index contributed by atoms with van der Waals surface area (Å²) in [6, 6.07) is 5.44. The number of ketones is 1. The van der Waals surface area contributed by atoms with Crippen LogP contribution < -0.4 is 5.73 Å². The predicted octanol–water partition coefficient (Wildman–Crippen LogP) is 2.62. The highest BCUT2D eigenvalue weighted by Crippen LogP contribution is 2.32. The summed E-state index contributed by atoms with van der Waals surface area (Å²) in [6.07, 6.45) is 0. The zero-order chi connectivity index (χ0) is 16.1. The number of halogens is 1. The quantitative estimate of drug-likeness (QED) is 0.605. The molecule has 5 nitrogen and oxygen atoms in total. The molecule has 2 N–H and O–H groups in total. The van der Waals surface area contributed by atoms with E-state index in [1.54, 1.807) is 6.92 Å². The molecule has 2 aromatic rings. The Labute approximate surface area is 138 Å². The van der Waals surface area contributed by atoms with E-state index in [-0.39, 0.29) is 22.6 Å². The minimum Gasteiger partial charge on any atom is -0.369 e. The van der Waals surface area contributed by atoms with Crippen LogP contribution in [0, 0.1) is 5.82 Å². The second-order valence-electron chi connectivity index (χ2n) is 4.22. The fraction of sp³-hybridized carbons (Fsp3) is 0.231. The van der Waals surface area contributed by atoms with Crippen LogP contribution in [0.2, 0.25) is 0 Å². The molecule has 9 heteroatoms. The molecule has 1 atom stereocenters. The highest BCUT2D eigenvalue weighted by Gasteiger charge is 2.19. The van der Waals surface area contributed by atoms with Gasteiger partial charge < -0.3 is 5.73 Å². The Kier molecular flexibility index (Phi) is 5.92. The molecule has 0 saturated heterocycles. The van der Waals surface area contributed by atoms with Crippen molar-refractivity contribution in [3.63, 3.8) is 0 Å². The van der Waals surface area contributed by atoms with E-state index in [0.717, 1.165) is 0 Å². The maximum atomic E-state index is 12.9. The van der Waals surface area contributed by atoms with Gasteiger partial charge in [0.05, 0.1) is 11.0 Å². The number of nitrogens with zero attached hydrogens (tertiary/aromatic N) is 2. The molecular formula is C13H12FN3O2S3. The Morgan fingerprint density at radius 3 is 2.55 bits per heavy atom. The lowest BCUT2D eigenvalue weighted by atomic mass is 10.1. The van der Waals surface area contributed by atoms with Crippen LogP contribution in [0.1, 0.15) is 17.3 Å². The van der Waals surface area contributed by atoms with Gasteiger partial charge >= 0.3 is 0 Å². The Balaban J connectivity index is 1.96. The van der Waals surface area contributed by atoms with Gasteiger partial charge in [0.1, 0.15) is 5.82 Å². The number of Topliss-reactive ketones (excluding diaryl/α,β-unsaturated/α-hetero) is 1. The van der Waals surface area contributed by atoms with E-state index in [1.807, 2.05) is 0 Å². The van der Waals surface area contributed by atoms with Crippen molar-refractivity contribution in [3.05, 3.63) is 35.6 Å². The molecule has 0 fully saturated rings. The molecule has 0 saturated carbocycles. The number of benzene rings is 1. The van der Waals surface area contributed by atoms with Crippen molar-refractivity contribution in [2.45, 2.75) is 20.9 Å². The molecule has 0 aliphatic carbocycles. The number of primary amides is 1. The largest absolute Gasteiger partial charge is 0.369 e. The number of nitrogens with two attached hydrogens (primary N) is 1. The molecule has 116 valence electrons. The fourth-order valence-electron chi connectivity index (χ4n) is 1.49. The summed E-state index contributed by atoms with van der Waals surface area (Å²) in [5.74, 6) is -0.763. The SMILES string of the molecule is C[C@@H](Sc1nnc(SCC(N)=O)s1)C(=O)c1ccc(F)cc1. The summed E-state index contributed by atoms with van der Waals surface area (Å²) >= 11 is 3.79. The molecule has 0 aliphatic heterocycles. The third-order valence-electron chi connectivity index (χ3n) is 2.50. The van der Waals surface area contributed by atoms with Gasteiger partial charge in [-0.3, -0.25) is 9.59 Å². The number of hydrogen-bond donors (Lipinski definition) is 1. The zero-order valence-electron chi connectivity index (χ0n) is 11.5. The van der Waals surface area contributed by atoms with Gasteiger partial charge in [-0.15, -0.1) is 10.2 Å². The number of carbonyl (C=O) groups is 2. The number of amides is 1. The first kappa shape index (κ1) is 16.9. The minimum atomic E-state index is -0.422. The molecule has 0 unspecified atom stereocenters. The van der Waals surface area contributed by atoms with Gasteiger partial charge in [0.15, 0.2) is 14.5 Å². The Hall–Kier alpha value is -1.45. The van der Waals surface area contributed by atoms with Crippen molar-refractivity contribution in [1.82, 2.24) is 10.2 Å². The third-order valence-corrected chi connectivity index (χ3v) is 5.76. The van der Waals surface area contributed by atoms with Gasteiger partial charge in [-0.05, 0) is 31.2 Å². The average molecular weight is 357 g/mol. The number of aromatic nitrogens is 2. The maximum absolute atomic E-state index is 12.9. The van der Waals surface area contributed by atoms with Crippen LogP contribution in [0.5, 0.6) is 0 Å². The normalized spacial score (nSPS) is 12.1. The van der Waals surface area contributed by atoms with Gasteiger partial charge in [-0.25, -0.2) is 4.39 Å². The smallest absolute Gasteiger partial charge is 0.227 e. The van der Waals surface area contributed by atoms with Crippen LogP contribution in [-0.4, -0.2) is 32.9 Å². The average Bonchev–Trinajstić information content (AvgIpc) is 2.92. The highest BCUT2D eigenvalue weighted by atomic mass is 32.2. The second kappa shape index (κ2) is 7.70. The van der Waals surface area contributed by atoms with E-state index in [9.17, 15) is 14.0 Å². The lowest BCUT2D eigenvalue weighted by molar-refractivity contribution is -0.115. The molecule has 0 spiro atoms. The Morgan fingerprint density at radius 1 is 1.27 bits per heavy atom. The molecule has 2 rings (SSSR count). The molecule has 22 heavy (non-hydrogen) atoms. The van der Waals surface area contributed by atoms with Crippen molar-refractivity contribution < 1.29 is 14.0 Å². The van der Waals surface area contributed by atoms with E-state index in [1.165, 1.54) is 59.1 Å². The van der Waals surface area contributed by atoms with Crippen molar-refractivity contribution in [2.24, 2.45) is 5.73 Å². The van der Waals surface area contributed by atoms with Gasteiger partial charge in [-0.1, -0.05) is 34.9 Å². The number of rotatable bonds is 7. The van der Waals surface area contributed by atoms with Crippen LogP contribution in [0.3, 0.4) is 0 Å². The summed E-state index contributed by atoms with van der Waals surface area (Å²) in [7, 11) is 0. The van der Waals surface area contributed by atoms with Crippen LogP contribution >= 0.6 is 34.9 Å². The summed E-state index contributed by atoms with van der Waals surface area (Å²) in [5.41, 5.74) is 5.52. The van der Waals surface area contributed by atoms with E-state index in [2.05, 4.69) is 10.2 Å². The summed E-state index contributed by atoms with van der Waals surface area (Å²) in [6.45, 7) is 1.76. The van der Waals surface area contributed by atoms with Gasteiger partial charge in [0, 0.05) is 5.56 Å². The zero-order valence-corrected chi connectivity index (χ0v) is 13.9. The summed E-state index contributed by atoms with van der Waals surface area (Å²) in [5, 5.41) is 7.53. The Bertz CT molecular complexity index is 675. The lowest BCUT2D eigenvalue weighted by Crippen LogP contribution is -2.13. The number of hydrogen-bond acceptors (Lipinski definition) is 7. The summed E-state index contributed by atoms with van der Waals surface area (Å²) < 4.78 is 14.1. The first-order valence-corrected chi connectivity index (χ1v) is 8.85. The molecular weight excluding hydrogens is 345 g/mol. The van der Waals surface area contributed by atoms with E-state index in [4.69, 9.17) is 5.73 Å². The van der Waals surface area contributed by atoms with Gasteiger partial charge in [-0.2, -0.15) is 0 Å². The van der Waals surface area contributed by atoms with Crippen molar-refractivity contribution in [2.75, 3.05) is 5.75 Å². The lowest BCUT2D eigenvalue weighted by Gasteiger charge is -2.07. The predicted molar refractivity (Wildman–Crippen MR) is 85.9 cm³/mol. The third kappa shape index (κ3) is 4.79. The van der Waals surface area contributed by atoms with E-state index in [0.29, 0.717) is 14.2 Å². The molecule has 1 aromatic carbocycles. The van der Waals surface area contributed by atoms with Crippen LogP contribution in [0.25, 0.3) is 0 Å². The topological polar surface area (TPSA) is 85.9 Å². The standard InChI is InChI=1S/C13H12FN3O2S3/c1-7(11(19)8-2-4-9(14)5-3-8)21-13-17-16-12(22-13)20-6-10(15)18/h2-5,7H,6H2,1H3,(H2,15,18)/t7-/m1/s1. The number of thioether (sulfide) groups is 2. The second-order valence-corrected chi connectivity index (χ2v) is 8.01. The van der Waals surface area contributed by atoms with Crippen LogP contribution in [0.4, 0.5) is 4.39 Å². The van der Waals surface area contributed by atoms with Gasteiger partial charge in [0.2, 0.25) is 5.91 Å². The van der Waals surface area contributed by atoms with E-state index < -0.39 is 5.91 Å². The molecule has 1 aromatic heterocycles. The first-order chi connectivity index (χ1) is 10.5. The molecule has 0 aliphatic rings. The summed E-state index contributed by atoms with van der Waals surface area (Å²) in [4.78, 5) is 22.9. The fourth-order valence-corrected chi connectivity index (χ4v) is 4.47. The molecule has 0 radical (unpaired) electrons. The van der Waals surface area contributed by atoms with Crippen LogP contribution in [0.15, 0.2) is 32.9 Å². The van der Waals surface area contributed by atoms with Crippen molar-refractivity contribution >= 4 is 46.6 Å². The first-order valence-electron chi connectivity index (χ1n) is 6.16. The minimum absolute atomic E-state index is 0.105. The van der Waals surface area contributed by atoms with Gasteiger partial charge in [0.25, 0.3) is 0 Å².